The van der Waals surface area contributed by atoms with Crippen LogP contribution >= 0.6 is 15.6 Å². The van der Waals surface area contributed by atoms with Crippen LogP contribution in [-0.2, 0) is 65.4 Å². The molecule has 0 aliphatic carbocycles. The number of esters is 4. The number of phosphoric ester groups is 2. The molecule has 0 aliphatic heterocycles. The molecule has 49 heavy (non-hydrogen) atoms. The van der Waals surface area contributed by atoms with E-state index in [9.17, 15) is 43.2 Å². The molecule has 19 heteroatoms. The highest BCUT2D eigenvalue weighted by Crippen LogP contribution is 2.45. The monoisotopic (exact) mass is 750 g/mol. The van der Waals surface area contributed by atoms with E-state index in [1.54, 1.807) is 0 Å². The summed E-state index contributed by atoms with van der Waals surface area (Å²) in [4.78, 5) is 67.4. The number of hydrogen-bond donors (Lipinski definition) is 3. The number of carbonyl (C=O) groups is 4. The minimum atomic E-state index is -4.87. The maximum Gasteiger partial charge on any atom is 0.472 e. The van der Waals surface area contributed by atoms with Crippen molar-refractivity contribution in [1.29, 1.82) is 0 Å². The van der Waals surface area contributed by atoms with E-state index >= 15 is 0 Å². The van der Waals surface area contributed by atoms with Gasteiger partial charge in [-0.2, -0.15) is 0 Å². The van der Waals surface area contributed by atoms with Crippen LogP contribution in [0.1, 0.15) is 111 Å². The third kappa shape index (κ3) is 28.5. The van der Waals surface area contributed by atoms with E-state index in [0.717, 1.165) is 51.9 Å². The first-order valence-corrected chi connectivity index (χ1v) is 19.7. The molecule has 0 saturated heterocycles. The number of hydrogen-bond acceptors (Lipinski definition) is 15. The Morgan fingerprint density at radius 2 is 0.918 bits per heavy atom. The number of ether oxygens (including phenoxy) is 4. The lowest BCUT2D eigenvalue weighted by Crippen LogP contribution is -2.30. The number of carbonyl (C=O) groups excluding carboxylic acids is 4. The molecule has 288 valence electrons. The smallest absolute Gasteiger partial charge is 0.462 e. The molecule has 5 atom stereocenters. The van der Waals surface area contributed by atoms with Crippen molar-refractivity contribution >= 4 is 39.5 Å². The topological polar surface area (TPSA) is 237 Å². The number of rotatable bonds is 31. The highest BCUT2D eigenvalue weighted by atomic mass is 31.2. The fraction of sp³-hybridized carbons (Fsp3) is 0.867. The van der Waals surface area contributed by atoms with Crippen molar-refractivity contribution in [3.8, 4) is 0 Å². The van der Waals surface area contributed by atoms with Gasteiger partial charge in [0.05, 0.1) is 26.4 Å². The average molecular weight is 751 g/mol. The van der Waals surface area contributed by atoms with E-state index in [0.29, 0.717) is 19.3 Å². The predicted octanol–water partition coefficient (Wildman–Crippen LogP) is 4.68. The van der Waals surface area contributed by atoms with Crippen molar-refractivity contribution in [2.75, 3.05) is 39.6 Å². The third-order valence-electron chi connectivity index (χ3n) is 6.40. The van der Waals surface area contributed by atoms with Gasteiger partial charge < -0.3 is 33.8 Å². The Morgan fingerprint density at radius 1 is 0.531 bits per heavy atom. The lowest BCUT2D eigenvalue weighted by Gasteiger charge is -2.21. The zero-order valence-corrected chi connectivity index (χ0v) is 30.9. The fourth-order valence-electron chi connectivity index (χ4n) is 3.78. The van der Waals surface area contributed by atoms with Crippen molar-refractivity contribution in [1.82, 2.24) is 0 Å². The van der Waals surface area contributed by atoms with Gasteiger partial charge in [-0.25, -0.2) is 9.13 Å². The largest absolute Gasteiger partial charge is 0.472 e. The molecule has 0 saturated carbocycles. The predicted molar refractivity (Wildman–Crippen MR) is 174 cm³/mol. The Balaban J connectivity index is 4.86. The first kappa shape index (κ1) is 47.1. The minimum Gasteiger partial charge on any atom is -0.462 e. The van der Waals surface area contributed by atoms with E-state index in [2.05, 4.69) is 11.4 Å². The van der Waals surface area contributed by atoms with Crippen LogP contribution in [0.2, 0.25) is 0 Å². The Morgan fingerprint density at radius 3 is 1.41 bits per heavy atom. The molecule has 0 aromatic carbocycles. The summed E-state index contributed by atoms with van der Waals surface area (Å²) in [6.45, 7) is 2.96. The second kappa shape index (κ2) is 27.7. The summed E-state index contributed by atoms with van der Waals surface area (Å²) in [6.07, 6.45) is 4.40. The van der Waals surface area contributed by atoms with Gasteiger partial charge in [0.2, 0.25) is 0 Å². The lowest BCUT2D eigenvalue weighted by atomic mass is 10.1. The quantitative estimate of drug-likeness (QED) is 0.0377. The number of aliphatic hydroxyl groups excluding tert-OH is 1. The van der Waals surface area contributed by atoms with Crippen LogP contribution in [0.15, 0.2) is 0 Å². The summed E-state index contributed by atoms with van der Waals surface area (Å²) in [7, 11) is -9.72. The molecular weight excluding hydrogens is 694 g/mol. The van der Waals surface area contributed by atoms with Crippen molar-refractivity contribution in [3.05, 3.63) is 0 Å². The van der Waals surface area contributed by atoms with Crippen molar-refractivity contribution in [2.24, 2.45) is 0 Å². The molecule has 0 rings (SSSR count). The maximum absolute atomic E-state index is 12.4. The number of phosphoric acid groups is 2. The normalized spacial score (nSPS) is 15.7. The molecule has 0 aromatic heterocycles. The SMILES string of the molecule is CCCCCCCC(=O)OC[C@H](COP(=O)(O)OC[C@H](O)COP(=O)(O)OC[C@@H](COC(=O)CCCC)OC(C)=O)OC(=O)CCCCC. The van der Waals surface area contributed by atoms with Gasteiger partial charge in [-0.05, 0) is 19.3 Å². The van der Waals surface area contributed by atoms with Gasteiger partial charge in [-0.3, -0.25) is 37.3 Å². The van der Waals surface area contributed by atoms with Crippen LogP contribution in [0.5, 0.6) is 0 Å². The first-order valence-electron chi connectivity index (χ1n) is 16.7. The Hall–Kier alpha value is -1.94. The van der Waals surface area contributed by atoms with E-state index in [4.69, 9.17) is 32.5 Å². The van der Waals surface area contributed by atoms with Crippen LogP contribution in [-0.4, -0.2) is 96.7 Å². The number of aliphatic hydroxyl groups is 1. The average Bonchev–Trinajstić information content (AvgIpc) is 3.04. The summed E-state index contributed by atoms with van der Waals surface area (Å²) in [6, 6.07) is 0. The maximum atomic E-state index is 12.4. The molecule has 0 aliphatic rings. The van der Waals surface area contributed by atoms with E-state index in [-0.39, 0.29) is 19.3 Å². The molecule has 0 heterocycles. The molecule has 0 bridgehead atoms. The minimum absolute atomic E-state index is 0.0878. The van der Waals surface area contributed by atoms with Crippen LogP contribution in [0, 0.1) is 0 Å². The Kier molecular flexibility index (Phi) is 26.6. The van der Waals surface area contributed by atoms with Gasteiger partial charge in [0, 0.05) is 26.2 Å². The number of unbranched alkanes of at least 4 members (excludes halogenated alkanes) is 7. The molecular formula is C30H56O17P2. The second-order valence-corrected chi connectivity index (χ2v) is 14.1. The fourth-order valence-corrected chi connectivity index (χ4v) is 5.36. The van der Waals surface area contributed by atoms with Crippen molar-refractivity contribution in [2.45, 2.75) is 129 Å². The lowest BCUT2D eigenvalue weighted by molar-refractivity contribution is -0.161. The Labute approximate surface area is 288 Å². The highest BCUT2D eigenvalue weighted by Gasteiger charge is 2.30. The van der Waals surface area contributed by atoms with Gasteiger partial charge in [0.1, 0.15) is 19.3 Å². The van der Waals surface area contributed by atoms with Crippen LogP contribution in [0.25, 0.3) is 0 Å². The van der Waals surface area contributed by atoms with Crippen LogP contribution in [0.3, 0.4) is 0 Å². The summed E-state index contributed by atoms with van der Waals surface area (Å²) in [5, 5.41) is 10.1. The molecule has 0 aromatic rings. The van der Waals surface area contributed by atoms with E-state index in [1.165, 1.54) is 0 Å². The van der Waals surface area contributed by atoms with Crippen molar-refractivity contribution < 1.29 is 80.2 Å². The van der Waals surface area contributed by atoms with Gasteiger partial charge in [0.25, 0.3) is 0 Å². The molecule has 0 spiro atoms. The zero-order valence-electron chi connectivity index (χ0n) is 29.1. The summed E-state index contributed by atoms with van der Waals surface area (Å²) in [5.74, 6) is -2.45. The van der Waals surface area contributed by atoms with Crippen molar-refractivity contribution in [3.63, 3.8) is 0 Å². The van der Waals surface area contributed by atoms with E-state index < -0.39 is 97.5 Å². The first-order chi connectivity index (χ1) is 23.1. The Bertz CT molecular complexity index is 1040. The highest BCUT2D eigenvalue weighted by molar-refractivity contribution is 7.47. The second-order valence-electron chi connectivity index (χ2n) is 11.2. The van der Waals surface area contributed by atoms with Crippen LogP contribution < -0.4 is 0 Å². The molecule has 17 nitrogen and oxygen atoms in total. The van der Waals surface area contributed by atoms with Gasteiger partial charge in [0.15, 0.2) is 12.2 Å². The summed E-state index contributed by atoms with van der Waals surface area (Å²) in [5.41, 5.74) is 0. The molecule has 0 fully saturated rings. The van der Waals surface area contributed by atoms with Gasteiger partial charge in [-0.1, -0.05) is 65.7 Å². The van der Waals surface area contributed by atoms with Gasteiger partial charge in [-0.15, -0.1) is 0 Å². The zero-order chi connectivity index (χ0) is 37.1. The summed E-state index contributed by atoms with van der Waals surface area (Å²) >= 11 is 0. The third-order valence-corrected chi connectivity index (χ3v) is 8.30. The molecule has 2 unspecified atom stereocenters. The van der Waals surface area contributed by atoms with Gasteiger partial charge >= 0.3 is 39.5 Å². The standard InChI is InChI=1S/C30H56O17P2/c1-5-8-11-12-14-16-29(34)41-21-27(47-30(35)17-13-9-6-2)23-45-49(38,39)43-19-25(32)18-42-48(36,37)44-22-26(46-24(4)31)20-40-28(33)15-10-7-3/h25-27,32H,5-23H2,1-4H3,(H,36,37)(H,38,39)/t25-,26-,27-/m1/s1. The molecule has 0 amide bonds. The summed E-state index contributed by atoms with van der Waals surface area (Å²) < 4.78 is 64.1. The molecule has 0 radical (unpaired) electrons. The van der Waals surface area contributed by atoms with E-state index in [1.807, 2.05) is 13.8 Å². The molecule has 3 N–H and O–H groups in total. The van der Waals surface area contributed by atoms with Crippen LogP contribution in [0.4, 0.5) is 0 Å².